The van der Waals surface area contributed by atoms with E-state index in [1.807, 2.05) is 0 Å². The average Bonchev–Trinajstić information content (AvgIpc) is 2.76. The van der Waals surface area contributed by atoms with Crippen LogP contribution in [0.4, 0.5) is 0 Å². The molecule has 0 aromatic rings. The van der Waals surface area contributed by atoms with Gasteiger partial charge in [-0.15, -0.1) is 0 Å². The van der Waals surface area contributed by atoms with E-state index in [2.05, 4.69) is 19.3 Å². The first-order valence-corrected chi connectivity index (χ1v) is 11.8. The van der Waals surface area contributed by atoms with Gasteiger partial charge in [-0.2, -0.15) is 0 Å². The number of likely N-dealkylation sites (N-methyl/N-ethyl adjacent to an activating group) is 1. The summed E-state index contributed by atoms with van der Waals surface area (Å²) in [6.45, 7) is 4.13. The molecule has 0 bridgehead atoms. The smallest absolute Gasteiger partial charge is 0.251 e. The summed E-state index contributed by atoms with van der Waals surface area (Å²) < 4.78 is 0.703. The zero-order valence-electron chi connectivity index (χ0n) is 19.8. The van der Waals surface area contributed by atoms with Crippen molar-refractivity contribution in [2.24, 2.45) is 0 Å². The Morgan fingerprint density at radius 1 is 0.812 bits per heavy atom. The van der Waals surface area contributed by atoms with Crippen LogP contribution in [0.1, 0.15) is 64.7 Å². The molecule has 1 amide bonds. The van der Waals surface area contributed by atoms with Gasteiger partial charge in [-0.05, 0) is 12.8 Å². The molecule has 0 aromatic heterocycles. The van der Waals surface area contributed by atoms with Crippen LogP contribution in [0.3, 0.4) is 0 Å². The number of aliphatic hydroxyl groups excluding tert-OH is 6. The second-order valence-corrected chi connectivity index (χ2v) is 8.81. The van der Waals surface area contributed by atoms with E-state index in [4.69, 9.17) is 5.11 Å². The highest BCUT2D eigenvalue weighted by molar-refractivity contribution is 5.81. The molecule has 0 rings (SSSR count). The zero-order valence-corrected chi connectivity index (χ0v) is 21.4. The van der Waals surface area contributed by atoms with E-state index >= 15 is 0 Å². The van der Waals surface area contributed by atoms with Gasteiger partial charge in [0.1, 0.15) is 24.9 Å². The van der Waals surface area contributed by atoms with Crippen molar-refractivity contribution in [2.75, 3.05) is 46.4 Å². The molecule has 0 saturated carbocycles. The van der Waals surface area contributed by atoms with Crippen molar-refractivity contribution in [3.8, 4) is 0 Å². The summed E-state index contributed by atoms with van der Waals surface area (Å²) >= 11 is 0. The Labute approximate surface area is 203 Å². The van der Waals surface area contributed by atoms with Gasteiger partial charge in [0.25, 0.3) is 5.91 Å². The summed E-state index contributed by atoms with van der Waals surface area (Å²) in [7, 11) is 2.09. The predicted octanol–water partition coefficient (Wildman–Crippen LogP) is -3.49. The first-order chi connectivity index (χ1) is 14.7. The number of carbonyl (C=O) groups excluding carboxylic acids is 1. The van der Waals surface area contributed by atoms with Gasteiger partial charge in [0.15, 0.2) is 6.10 Å². The number of halogens is 1. The van der Waals surface area contributed by atoms with Crippen LogP contribution in [0.25, 0.3) is 0 Å². The molecule has 5 atom stereocenters. The maximum absolute atomic E-state index is 12.0. The number of rotatable bonds is 20. The number of quaternary nitrogens is 1. The van der Waals surface area contributed by atoms with Crippen LogP contribution in [0.5, 0.6) is 0 Å². The highest BCUT2D eigenvalue weighted by Gasteiger charge is 2.34. The zero-order chi connectivity index (χ0) is 23.7. The third-order valence-electron chi connectivity index (χ3n) is 5.89. The summed E-state index contributed by atoms with van der Waals surface area (Å²) in [5.74, 6) is -0.851. The van der Waals surface area contributed by atoms with Crippen molar-refractivity contribution in [3.05, 3.63) is 0 Å². The molecule has 0 spiro atoms. The second-order valence-electron chi connectivity index (χ2n) is 8.81. The van der Waals surface area contributed by atoms with Crippen molar-refractivity contribution in [3.63, 3.8) is 0 Å². The van der Waals surface area contributed by atoms with E-state index in [-0.39, 0.29) is 30.1 Å². The van der Waals surface area contributed by atoms with Crippen LogP contribution >= 0.6 is 0 Å². The van der Waals surface area contributed by atoms with E-state index in [0.717, 1.165) is 19.5 Å². The van der Waals surface area contributed by atoms with Gasteiger partial charge in [-0.3, -0.25) is 4.79 Å². The van der Waals surface area contributed by atoms with Gasteiger partial charge >= 0.3 is 0 Å². The summed E-state index contributed by atoms with van der Waals surface area (Å²) in [6.07, 6.45) is 3.28. The quantitative estimate of drug-likeness (QED) is 0.0637. The van der Waals surface area contributed by atoms with E-state index < -0.39 is 36.9 Å². The minimum atomic E-state index is -1.91. The molecule has 32 heavy (non-hydrogen) atoms. The molecule has 0 aliphatic rings. The maximum Gasteiger partial charge on any atom is 0.251 e. The van der Waals surface area contributed by atoms with Crippen molar-refractivity contribution in [1.29, 1.82) is 0 Å². The molecule has 7 N–H and O–H groups in total. The van der Waals surface area contributed by atoms with Gasteiger partial charge in [0, 0.05) is 13.0 Å². The number of carbonyl (C=O) groups is 1. The molecule has 5 unspecified atom stereocenters. The van der Waals surface area contributed by atoms with E-state index in [1.54, 1.807) is 0 Å². The molecule has 0 saturated heterocycles. The molecule has 0 aromatic carbocycles. The Hall–Kier alpha value is -0.330. The molecule has 0 aliphatic heterocycles. The topological polar surface area (TPSA) is 150 Å². The molecular formula is C22H47BrN2O7. The maximum atomic E-state index is 12.0. The largest absolute Gasteiger partial charge is 1.00 e. The molecule has 10 heteroatoms. The normalized spacial score (nSPS) is 17.0. The first kappa shape index (κ1) is 33.8. The first-order valence-electron chi connectivity index (χ1n) is 11.8. The Morgan fingerprint density at radius 2 is 1.34 bits per heavy atom. The lowest BCUT2D eigenvalue weighted by Crippen LogP contribution is -3.00. The third-order valence-corrected chi connectivity index (χ3v) is 5.89. The Kier molecular flexibility index (Phi) is 21.2. The Morgan fingerprint density at radius 3 is 1.88 bits per heavy atom. The Balaban J connectivity index is 0. The minimum absolute atomic E-state index is 0. The monoisotopic (exact) mass is 530 g/mol. The number of hydrogen-bond donors (Lipinski definition) is 7. The number of hydrogen-bond acceptors (Lipinski definition) is 7. The second kappa shape index (κ2) is 20.1. The summed E-state index contributed by atoms with van der Waals surface area (Å²) in [5, 5.41) is 59.2. The average molecular weight is 532 g/mol. The molecule has 9 nitrogen and oxygen atoms in total. The molecule has 0 radical (unpaired) electrons. The highest BCUT2D eigenvalue weighted by atomic mass is 79.9. The molecule has 194 valence electrons. The van der Waals surface area contributed by atoms with Crippen molar-refractivity contribution in [1.82, 2.24) is 5.32 Å². The lowest BCUT2D eigenvalue weighted by Gasteiger charge is -2.34. The van der Waals surface area contributed by atoms with Gasteiger partial charge < -0.3 is 57.4 Å². The molecular weight excluding hydrogens is 484 g/mol. The van der Waals surface area contributed by atoms with E-state index in [0.29, 0.717) is 17.4 Å². The lowest BCUT2D eigenvalue weighted by molar-refractivity contribution is -0.910. The van der Waals surface area contributed by atoms with E-state index in [9.17, 15) is 30.3 Å². The molecule has 0 heterocycles. The Bertz CT molecular complexity index is 462. The number of aliphatic hydroxyl groups is 6. The summed E-state index contributed by atoms with van der Waals surface area (Å²) in [6, 6.07) is 0. The van der Waals surface area contributed by atoms with Gasteiger partial charge in [0.05, 0.1) is 33.4 Å². The van der Waals surface area contributed by atoms with Crippen LogP contribution in [-0.4, -0.2) is 112 Å². The minimum Gasteiger partial charge on any atom is -1.00 e. The molecule has 0 fully saturated rings. The third kappa shape index (κ3) is 14.7. The number of nitrogens with one attached hydrogen (secondary N) is 1. The lowest BCUT2D eigenvalue weighted by atomic mass is 10.0. The van der Waals surface area contributed by atoms with Crippen LogP contribution in [0.15, 0.2) is 0 Å². The number of unbranched alkanes of at least 4 members (excludes halogenated alkanes) is 7. The van der Waals surface area contributed by atoms with Crippen molar-refractivity contribution in [2.45, 2.75) is 89.1 Å². The number of amides is 1. The molecule has 0 aliphatic carbocycles. The standard InChI is InChI=1S/C22H46N2O7.BrH/c1-3-4-5-6-7-8-9-10-13-24(2,15-16-25)14-11-12-23-22(31)21(30)20(29)19(28)18(27)17-26;/h18-21,25-30H,3-17H2,1-2H3;1H. The highest BCUT2D eigenvalue weighted by Crippen LogP contribution is 2.12. The summed E-state index contributed by atoms with van der Waals surface area (Å²) in [5.41, 5.74) is 0. The van der Waals surface area contributed by atoms with Crippen LogP contribution in [-0.2, 0) is 4.79 Å². The fourth-order valence-corrected chi connectivity index (χ4v) is 3.66. The van der Waals surface area contributed by atoms with Gasteiger partial charge in [-0.1, -0.05) is 45.4 Å². The van der Waals surface area contributed by atoms with Gasteiger partial charge in [0.2, 0.25) is 0 Å². The van der Waals surface area contributed by atoms with Crippen LogP contribution < -0.4 is 22.3 Å². The SMILES string of the molecule is CCCCCCCCCC[N+](C)(CCO)CCCNC(=O)C(O)C(O)C(O)C(O)CO.[Br-]. The summed E-state index contributed by atoms with van der Waals surface area (Å²) in [4.78, 5) is 12.0. The van der Waals surface area contributed by atoms with E-state index in [1.165, 1.54) is 44.9 Å². The van der Waals surface area contributed by atoms with Gasteiger partial charge in [-0.25, -0.2) is 0 Å². The fraction of sp³-hybridized carbons (Fsp3) is 0.955. The van der Waals surface area contributed by atoms with Crippen molar-refractivity contribution >= 4 is 5.91 Å². The van der Waals surface area contributed by atoms with Crippen LogP contribution in [0, 0.1) is 0 Å². The predicted molar refractivity (Wildman–Crippen MR) is 119 cm³/mol. The van der Waals surface area contributed by atoms with Crippen molar-refractivity contribution < 1.29 is 56.9 Å². The van der Waals surface area contributed by atoms with Crippen LogP contribution in [0.2, 0.25) is 0 Å². The number of nitrogens with zero attached hydrogens (tertiary/aromatic N) is 1. The fourth-order valence-electron chi connectivity index (χ4n) is 3.66.